The molecule has 66 heavy (non-hydrogen) atoms. The molecule has 0 bridgehead atoms. The van der Waals surface area contributed by atoms with E-state index >= 15 is 0 Å². The molecular formula is C60H115NO5. The molecule has 0 fully saturated rings. The number of ether oxygens (including phenoxy) is 1. The van der Waals surface area contributed by atoms with Crippen molar-refractivity contribution in [2.24, 2.45) is 0 Å². The summed E-state index contributed by atoms with van der Waals surface area (Å²) in [5.74, 6) is -0.0296. The van der Waals surface area contributed by atoms with Crippen LogP contribution in [0.15, 0.2) is 24.3 Å². The molecule has 0 heterocycles. The first-order valence-electron chi connectivity index (χ1n) is 29.6. The molecule has 6 heteroatoms. The lowest BCUT2D eigenvalue weighted by Crippen LogP contribution is -2.45. The topological polar surface area (TPSA) is 95.9 Å². The fourth-order valence-electron chi connectivity index (χ4n) is 9.20. The third kappa shape index (κ3) is 51.7. The van der Waals surface area contributed by atoms with Gasteiger partial charge in [0.05, 0.1) is 25.4 Å². The summed E-state index contributed by atoms with van der Waals surface area (Å²) in [4.78, 5) is 24.5. The van der Waals surface area contributed by atoms with Gasteiger partial charge in [-0.3, -0.25) is 9.59 Å². The summed E-state index contributed by atoms with van der Waals surface area (Å²) in [7, 11) is 0. The smallest absolute Gasteiger partial charge is 0.305 e. The standard InChI is InChI=1S/C60H115NO5/c1-3-5-7-9-11-13-14-15-16-24-28-31-34-38-42-46-50-54-60(65)66-55-51-47-43-39-35-32-29-26-23-21-19-17-18-20-22-25-27-30-33-37-41-45-49-53-59(64)61-57(56-62)58(63)52-48-44-40-36-12-10-8-6-4-2/h11,13,15-16,57-58,62-63H,3-10,12,14,17-56H2,1-2H3,(H,61,64)/b13-11-,16-15-. The number of aliphatic hydroxyl groups is 2. The molecule has 0 spiro atoms. The Kier molecular flexibility index (Phi) is 54.5. The van der Waals surface area contributed by atoms with Gasteiger partial charge in [-0.05, 0) is 57.8 Å². The van der Waals surface area contributed by atoms with Crippen molar-refractivity contribution in [2.45, 2.75) is 334 Å². The monoisotopic (exact) mass is 930 g/mol. The lowest BCUT2D eigenvalue weighted by atomic mass is 10.0. The number of aliphatic hydroxyl groups excluding tert-OH is 2. The molecule has 6 nitrogen and oxygen atoms in total. The molecule has 0 saturated carbocycles. The summed E-state index contributed by atoms with van der Waals surface area (Å²) < 4.78 is 5.49. The Bertz CT molecular complexity index is 1030. The minimum absolute atomic E-state index is 0.00668. The summed E-state index contributed by atoms with van der Waals surface area (Å²) >= 11 is 0. The molecule has 0 radical (unpaired) electrons. The van der Waals surface area contributed by atoms with Gasteiger partial charge in [-0.1, -0.05) is 276 Å². The largest absolute Gasteiger partial charge is 0.466 e. The second kappa shape index (κ2) is 55.9. The van der Waals surface area contributed by atoms with Crippen molar-refractivity contribution in [1.29, 1.82) is 0 Å². The van der Waals surface area contributed by atoms with Gasteiger partial charge in [-0.2, -0.15) is 0 Å². The van der Waals surface area contributed by atoms with Crippen LogP contribution in [0.1, 0.15) is 322 Å². The normalized spacial score (nSPS) is 12.7. The van der Waals surface area contributed by atoms with Crippen molar-refractivity contribution in [1.82, 2.24) is 5.32 Å². The summed E-state index contributed by atoms with van der Waals surface area (Å²) in [5, 5.41) is 23.1. The van der Waals surface area contributed by atoms with Gasteiger partial charge in [-0.25, -0.2) is 0 Å². The van der Waals surface area contributed by atoms with Crippen molar-refractivity contribution in [3.05, 3.63) is 24.3 Å². The second-order valence-corrected chi connectivity index (χ2v) is 20.3. The minimum atomic E-state index is -0.661. The average Bonchev–Trinajstić information content (AvgIpc) is 3.32. The third-order valence-electron chi connectivity index (χ3n) is 13.8. The van der Waals surface area contributed by atoms with Crippen LogP contribution in [-0.4, -0.2) is 47.4 Å². The van der Waals surface area contributed by atoms with E-state index in [0.29, 0.717) is 25.9 Å². The second-order valence-electron chi connectivity index (χ2n) is 20.3. The molecule has 390 valence electrons. The van der Waals surface area contributed by atoms with Gasteiger partial charge in [0.1, 0.15) is 0 Å². The average molecular weight is 931 g/mol. The van der Waals surface area contributed by atoms with Crippen molar-refractivity contribution in [3.8, 4) is 0 Å². The summed E-state index contributed by atoms with van der Waals surface area (Å²) in [5.41, 5.74) is 0. The Morgan fingerprint density at radius 1 is 0.424 bits per heavy atom. The molecule has 0 aliphatic rings. The first-order valence-corrected chi connectivity index (χ1v) is 29.6. The molecule has 2 atom stereocenters. The highest BCUT2D eigenvalue weighted by Crippen LogP contribution is 2.17. The van der Waals surface area contributed by atoms with Crippen LogP contribution in [0.5, 0.6) is 0 Å². The molecule has 0 aromatic heterocycles. The van der Waals surface area contributed by atoms with Gasteiger partial charge >= 0.3 is 5.97 Å². The van der Waals surface area contributed by atoms with Gasteiger partial charge in [0.15, 0.2) is 0 Å². The highest BCUT2D eigenvalue weighted by Gasteiger charge is 2.20. The molecule has 0 rings (SSSR count). The van der Waals surface area contributed by atoms with Crippen LogP contribution in [0.25, 0.3) is 0 Å². The molecule has 2 unspecified atom stereocenters. The highest BCUT2D eigenvalue weighted by atomic mass is 16.5. The van der Waals surface area contributed by atoms with Crippen LogP contribution in [0, 0.1) is 0 Å². The number of hydrogen-bond acceptors (Lipinski definition) is 5. The number of carbonyl (C=O) groups is 2. The zero-order chi connectivity index (χ0) is 47.9. The number of carbonyl (C=O) groups excluding carboxylic acids is 2. The van der Waals surface area contributed by atoms with Crippen LogP contribution < -0.4 is 5.32 Å². The van der Waals surface area contributed by atoms with E-state index in [9.17, 15) is 19.8 Å². The van der Waals surface area contributed by atoms with E-state index in [0.717, 1.165) is 51.4 Å². The Balaban J connectivity index is 3.33. The number of hydrogen-bond donors (Lipinski definition) is 3. The lowest BCUT2D eigenvalue weighted by Gasteiger charge is -2.22. The maximum atomic E-state index is 12.4. The Labute approximate surface area is 411 Å². The molecule has 1 amide bonds. The highest BCUT2D eigenvalue weighted by molar-refractivity contribution is 5.76. The Morgan fingerprint density at radius 2 is 0.758 bits per heavy atom. The van der Waals surface area contributed by atoms with Crippen LogP contribution in [0.3, 0.4) is 0 Å². The molecule has 0 saturated heterocycles. The van der Waals surface area contributed by atoms with Crippen LogP contribution >= 0.6 is 0 Å². The maximum Gasteiger partial charge on any atom is 0.305 e. The van der Waals surface area contributed by atoms with E-state index in [1.807, 2.05) is 0 Å². The van der Waals surface area contributed by atoms with E-state index in [4.69, 9.17) is 4.74 Å². The molecule has 3 N–H and O–H groups in total. The fraction of sp³-hybridized carbons (Fsp3) is 0.900. The number of unbranched alkanes of at least 4 members (excludes halogenated alkanes) is 40. The summed E-state index contributed by atoms with van der Waals surface area (Å²) in [6, 6.07) is -0.538. The van der Waals surface area contributed by atoms with E-state index in [-0.39, 0.29) is 18.5 Å². The fourth-order valence-corrected chi connectivity index (χ4v) is 9.20. The number of allylic oxidation sites excluding steroid dienone is 4. The quantitative estimate of drug-likeness (QED) is 0.0321. The number of esters is 1. The van der Waals surface area contributed by atoms with Crippen molar-refractivity contribution in [3.63, 3.8) is 0 Å². The van der Waals surface area contributed by atoms with Crippen molar-refractivity contribution < 1.29 is 24.5 Å². The van der Waals surface area contributed by atoms with Crippen LogP contribution in [-0.2, 0) is 14.3 Å². The predicted molar refractivity (Wildman–Crippen MR) is 287 cm³/mol. The van der Waals surface area contributed by atoms with Gasteiger partial charge < -0.3 is 20.3 Å². The number of rotatable bonds is 55. The Morgan fingerprint density at radius 3 is 1.18 bits per heavy atom. The molecule has 0 aromatic carbocycles. The van der Waals surface area contributed by atoms with E-state index in [2.05, 4.69) is 43.5 Å². The molecule has 0 aliphatic carbocycles. The zero-order valence-corrected chi connectivity index (χ0v) is 44.4. The van der Waals surface area contributed by atoms with E-state index in [1.54, 1.807) is 0 Å². The molecular weight excluding hydrogens is 815 g/mol. The number of amides is 1. The van der Waals surface area contributed by atoms with Crippen LogP contribution in [0.2, 0.25) is 0 Å². The lowest BCUT2D eigenvalue weighted by molar-refractivity contribution is -0.143. The van der Waals surface area contributed by atoms with Gasteiger partial charge in [0.2, 0.25) is 5.91 Å². The van der Waals surface area contributed by atoms with Gasteiger partial charge in [0, 0.05) is 12.8 Å². The van der Waals surface area contributed by atoms with Crippen molar-refractivity contribution >= 4 is 11.9 Å². The summed E-state index contributed by atoms with van der Waals surface area (Å²) in [6.07, 6.45) is 67.6. The van der Waals surface area contributed by atoms with Crippen molar-refractivity contribution in [2.75, 3.05) is 13.2 Å². The van der Waals surface area contributed by atoms with Gasteiger partial charge in [0.25, 0.3) is 0 Å². The minimum Gasteiger partial charge on any atom is -0.466 e. The first kappa shape index (κ1) is 64.3. The summed E-state index contributed by atoms with van der Waals surface area (Å²) in [6.45, 7) is 4.91. The Hall–Kier alpha value is -1.66. The molecule has 0 aromatic rings. The third-order valence-corrected chi connectivity index (χ3v) is 13.8. The molecule has 0 aliphatic heterocycles. The SMILES string of the molecule is CCCCC/C=C\C/C=C\CCCCCCCCCC(=O)OCCCCCCCCCCCCCCCCCCCCCCCCCC(=O)NC(CO)C(O)CCCCCCCCCCC. The van der Waals surface area contributed by atoms with E-state index < -0.39 is 12.1 Å². The predicted octanol–water partition coefficient (Wildman–Crippen LogP) is 18.2. The van der Waals surface area contributed by atoms with E-state index in [1.165, 1.54) is 238 Å². The first-order chi connectivity index (χ1) is 32.5. The number of nitrogens with one attached hydrogen (secondary N) is 1. The van der Waals surface area contributed by atoms with Gasteiger partial charge in [-0.15, -0.1) is 0 Å². The zero-order valence-electron chi connectivity index (χ0n) is 44.4. The maximum absolute atomic E-state index is 12.4. The van der Waals surface area contributed by atoms with Crippen LogP contribution in [0.4, 0.5) is 0 Å².